The van der Waals surface area contributed by atoms with E-state index in [1.54, 1.807) is 11.6 Å². The Labute approximate surface area is 119 Å². The number of aromatic nitrogens is 4. The molecule has 1 aliphatic carbocycles. The largest absolute Gasteiger partial charge is 0.481 e. The number of hydrogen-bond donors (Lipinski definition) is 1. The van der Waals surface area contributed by atoms with Crippen LogP contribution < -0.4 is 0 Å². The molecule has 1 N–H and O–H groups in total. The first-order chi connectivity index (χ1) is 9.61. The predicted molar refractivity (Wildman–Crippen MR) is 74.4 cm³/mol. The van der Waals surface area contributed by atoms with Gasteiger partial charge < -0.3 is 5.11 Å². The first-order valence-electron chi connectivity index (χ1n) is 7.62. The molecule has 1 aromatic rings. The lowest BCUT2D eigenvalue weighted by Gasteiger charge is -2.22. The molecule has 112 valence electrons. The van der Waals surface area contributed by atoms with E-state index < -0.39 is 11.9 Å². The van der Waals surface area contributed by atoms with Gasteiger partial charge in [-0.15, -0.1) is 5.10 Å². The van der Waals surface area contributed by atoms with E-state index in [1.165, 1.54) is 32.1 Å². The van der Waals surface area contributed by atoms with Crippen molar-refractivity contribution in [2.45, 2.75) is 70.8 Å². The standard InChI is InChI=1S/C14H24N4O2/c1-10(14(19)20)11(2)18-13(15-16-17-18)12-8-6-4-3-5-7-9-12/h10-12H,3-9H2,1-2H3,(H,19,20). The van der Waals surface area contributed by atoms with Crippen LogP contribution in [0.3, 0.4) is 0 Å². The van der Waals surface area contributed by atoms with Crippen LogP contribution >= 0.6 is 0 Å². The fraction of sp³-hybridized carbons (Fsp3) is 0.857. The molecule has 0 aliphatic heterocycles. The molecule has 0 aromatic carbocycles. The molecule has 1 heterocycles. The van der Waals surface area contributed by atoms with Crippen molar-refractivity contribution in [2.75, 3.05) is 0 Å². The quantitative estimate of drug-likeness (QED) is 0.917. The summed E-state index contributed by atoms with van der Waals surface area (Å²) in [5.41, 5.74) is 0. The second-order valence-corrected chi connectivity index (χ2v) is 5.89. The van der Waals surface area contributed by atoms with Gasteiger partial charge in [-0.2, -0.15) is 0 Å². The number of hydrogen-bond acceptors (Lipinski definition) is 4. The summed E-state index contributed by atoms with van der Waals surface area (Å²) in [5.74, 6) is -0.0660. The summed E-state index contributed by atoms with van der Waals surface area (Å²) in [6.07, 6.45) is 8.51. The highest BCUT2D eigenvalue weighted by Crippen LogP contribution is 2.31. The van der Waals surface area contributed by atoms with Gasteiger partial charge in [0, 0.05) is 5.92 Å². The van der Waals surface area contributed by atoms with Crippen LogP contribution in [0.1, 0.15) is 76.6 Å². The fourth-order valence-electron chi connectivity index (χ4n) is 2.89. The van der Waals surface area contributed by atoms with Crippen LogP contribution in [0, 0.1) is 5.92 Å². The van der Waals surface area contributed by atoms with Crippen molar-refractivity contribution in [2.24, 2.45) is 5.92 Å². The predicted octanol–water partition coefficient (Wildman–Crippen LogP) is 2.78. The van der Waals surface area contributed by atoms with Gasteiger partial charge in [-0.1, -0.05) is 32.1 Å². The lowest BCUT2D eigenvalue weighted by atomic mass is 9.90. The molecule has 0 amide bonds. The highest BCUT2D eigenvalue weighted by Gasteiger charge is 2.27. The van der Waals surface area contributed by atoms with Crippen LogP contribution in [0.4, 0.5) is 0 Å². The van der Waals surface area contributed by atoms with E-state index in [0.29, 0.717) is 5.92 Å². The van der Waals surface area contributed by atoms with Crippen LogP contribution in [0.5, 0.6) is 0 Å². The fourth-order valence-corrected chi connectivity index (χ4v) is 2.89. The zero-order chi connectivity index (χ0) is 14.5. The Morgan fingerprint density at radius 1 is 1.20 bits per heavy atom. The SMILES string of the molecule is CC(C(=O)O)C(C)n1nnnc1C1CCCCCCC1. The topological polar surface area (TPSA) is 80.9 Å². The molecule has 1 aromatic heterocycles. The van der Waals surface area contributed by atoms with Crippen LogP contribution in [0.2, 0.25) is 0 Å². The lowest BCUT2D eigenvalue weighted by molar-refractivity contribution is -0.142. The lowest BCUT2D eigenvalue weighted by Crippen LogP contribution is -2.25. The van der Waals surface area contributed by atoms with Gasteiger partial charge in [0.1, 0.15) is 0 Å². The van der Waals surface area contributed by atoms with Gasteiger partial charge in [-0.25, -0.2) is 4.68 Å². The molecule has 2 rings (SSSR count). The third-order valence-electron chi connectivity index (χ3n) is 4.49. The maximum Gasteiger partial charge on any atom is 0.308 e. The Balaban J connectivity index is 2.16. The molecular weight excluding hydrogens is 256 g/mol. The highest BCUT2D eigenvalue weighted by molar-refractivity contribution is 5.70. The first kappa shape index (κ1) is 14.9. The number of tetrazole rings is 1. The van der Waals surface area contributed by atoms with Gasteiger partial charge in [0.2, 0.25) is 0 Å². The van der Waals surface area contributed by atoms with Crippen molar-refractivity contribution in [1.29, 1.82) is 0 Å². The van der Waals surface area contributed by atoms with Crippen LogP contribution in [-0.4, -0.2) is 31.3 Å². The van der Waals surface area contributed by atoms with Gasteiger partial charge in [0.25, 0.3) is 0 Å². The van der Waals surface area contributed by atoms with Gasteiger partial charge in [0.15, 0.2) is 5.82 Å². The number of carboxylic acid groups (broad SMARTS) is 1. The summed E-state index contributed by atoms with van der Waals surface area (Å²) in [6.45, 7) is 3.58. The van der Waals surface area contributed by atoms with Crippen LogP contribution in [0.25, 0.3) is 0 Å². The molecule has 0 spiro atoms. The Hall–Kier alpha value is -1.46. The summed E-state index contributed by atoms with van der Waals surface area (Å²) in [5, 5.41) is 21.2. The van der Waals surface area contributed by atoms with Crippen molar-refractivity contribution in [3.63, 3.8) is 0 Å². The molecular formula is C14H24N4O2. The molecule has 6 nitrogen and oxygen atoms in total. The molecule has 1 aliphatic rings. The van der Waals surface area contributed by atoms with Crippen molar-refractivity contribution in [3.05, 3.63) is 5.82 Å². The Morgan fingerprint density at radius 2 is 1.80 bits per heavy atom. The number of rotatable bonds is 4. The van der Waals surface area contributed by atoms with E-state index in [4.69, 9.17) is 5.11 Å². The van der Waals surface area contributed by atoms with E-state index in [-0.39, 0.29) is 6.04 Å². The molecule has 1 saturated carbocycles. The summed E-state index contributed by atoms with van der Waals surface area (Å²) >= 11 is 0. The minimum atomic E-state index is -0.809. The molecule has 0 bridgehead atoms. The van der Waals surface area contributed by atoms with Gasteiger partial charge in [0.05, 0.1) is 12.0 Å². The zero-order valence-electron chi connectivity index (χ0n) is 12.3. The average Bonchev–Trinajstić information content (AvgIpc) is 2.85. The second-order valence-electron chi connectivity index (χ2n) is 5.89. The van der Waals surface area contributed by atoms with Crippen LogP contribution in [0.15, 0.2) is 0 Å². The molecule has 6 heteroatoms. The monoisotopic (exact) mass is 280 g/mol. The van der Waals surface area contributed by atoms with E-state index in [1.807, 2.05) is 6.92 Å². The van der Waals surface area contributed by atoms with Crippen molar-refractivity contribution in [1.82, 2.24) is 20.2 Å². The molecule has 1 fully saturated rings. The van der Waals surface area contributed by atoms with Crippen molar-refractivity contribution < 1.29 is 9.90 Å². The Kier molecular flexibility index (Phi) is 5.09. The van der Waals surface area contributed by atoms with E-state index >= 15 is 0 Å². The van der Waals surface area contributed by atoms with Gasteiger partial charge in [-0.05, 0) is 37.1 Å². The first-order valence-corrected chi connectivity index (χ1v) is 7.62. The van der Waals surface area contributed by atoms with E-state index in [2.05, 4.69) is 15.5 Å². The summed E-state index contributed by atoms with van der Waals surface area (Å²) < 4.78 is 1.73. The summed E-state index contributed by atoms with van der Waals surface area (Å²) in [6, 6.07) is -0.219. The minimum absolute atomic E-state index is 0.219. The number of nitrogens with zero attached hydrogens (tertiary/aromatic N) is 4. The van der Waals surface area contributed by atoms with Gasteiger partial charge in [-0.3, -0.25) is 4.79 Å². The molecule has 0 radical (unpaired) electrons. The highest BCUT2D eigenvalue weighted by atomic mass is 16.4. The van der Waals surface area contributed by atoms with Gasteiger partial charge >= 0.3 is 5.97 Å². The van der Waals surface area contributed by atoms with E-state index in [9.17, 15) is 4.79 Å². The normalized spacial score (nSPS) is 20.9. The number of aliphatic carboxylic acids is 1. The Morgan fingerprint density at radius 3 is 2.40 bits per heavy atom. The van der Waals surface area contributed by atoms with Crippen LogP contribution in [-0.2, 0) is 4.79 Å². The minimum Gasteiger partial charge on any atom is -0.481 e. The molecule has 2 atom stereocenters. The smallest absolute Gasteiger partial charge is 0.308 e. The third kappa shape index (κ3) is 3.35. The maximum atomic E-state index is 11.1. The summed E-state index contributed by atoms with van der Waals surface area (Å²) in [7, 11) is 0. The second kappa shape index (κ2) is 6.81. The van der Waals surface area contributed by atoms with Crippen molar-refractivity contribution in [3.8, 4) is 0 Å². The maximum absolute atomic E-state index is 11.1. The molecule has 2 unspecified atom stereocenters. The third-order valence-corrected chi connectivity index (χ3v) is 4.49. The Bertz CT molecular complexity index is 438. The van der Waals surface area contributed by atoms with Crippen molar-refractivity contribution >= 4 is 5.97 Å². The average molecular weight is 280 g/mol. The molecule has 20 heavy (non-hydrogen) atoms. The number of carboxylic acids is 1. The zero-order valence-corrected chi connectivity index (χ0v) is 12.3. The number of carbonyl (C=O) groups is 1. The summed E-state index contributed by atoms with van der Waals surface area (Å²) in [4.78, 5) is 11.1. The molecule has 0 saturated heterocycles. The van der Waals surface area contributed by atoms with E-state index in [0.717, 1.165) is 18.7 Å².